The van der Waals surface area contributed by atoms with Crippen molar-refractivity contribution in [1.29, 1.82) is 0 Å². The molecule has 0 bridgehead atoms. The topological polar surface area (TPSA) is 55.2 Å². The molecule has 1 amide bonds. The van der Waals surface area contributed by atoms with Crippen LogP contribution in [0.4, 0.5) is 0 Å². The molecule has 0 aliphatic rings. The Morgan fingerprint density at radius 1 is 1.36 bits per heavy atom. The van der Waals surface area contributed by atoms with E-state index in [2.05, 4.69) is 11.6 Å². The van der Waals surface area contributed by atoms with Gasteiger partial charge in [0.2, 0.25) is 5.91 Å². The van der Waals surface area contributed by atoms with Gasteiger partial charge in [-0.15, -0.1) is 17.9 Å². The van der Waals surface area contributed by atoms with Crippen LogP contribution < -0.4 is 5.56 Å². The first-order valence-electron chi connectivity index (χ1n) is 8.31. The van der Waals surface area contributed by atoms with Gasteiger partial charge >= 0.3 is 0 Å². The van der Waals surface area contributed by atoms with E-state index >= 15 is 0 Å². The lowest BCUT2D eigenvalue weighted by Gasteiger charge is -2.17. The fourth-order valence-corrected chi connectivity index (χ4v) is 4.83. The lowest BCUT2D eigenvalue weighted by molar-refractivity contribution is -0.127. The Morgan fingerprint density at radius 3 is 2.82 bits per heavy atom. The largest absolute Gasteiger partial charge is 0.340 e. The molecule has 28 heavy (non-hydrogen) atoms. The molecule has 3 rings (SSSR count). The van der Waals surface area contributed by atoms with Crippen LogP contribution in [0.15, 0.2) is 52.9 Å². The van der Waals surface area contributed by atoms with Gasteiger partial charge in [0.25, 0.3) is 5.56 Å². The third-order valence-electron chi connectivity index (χ3n) is 3.97. The maximum Gasteiger partial charge on any atom is 0.262 e. The summed E-state index contributed by atoms with van der Waals surface area (Å²) in [6, 6.07) is 8.68. The lowest BCUT2D eigenvalue weighted by Crippen LogP contribution is -2.28. The van der Waals surface area contributed by atoms with E-state index in [-0.39, 0.29) is 17.2 Å². The number of amides is 1. The molecule has 2 aromatic heterocycles. The van der Waals surface area contributed by atoms with Crippen molar-refractivity contribution in [2.75, 3.05) is 12.8 Å². The fraction of sp³-hybridized carbons (Fsp3) is 0.211. The van der Waals surface area contributed by atoms with E-state index in [9.17, 15) is 9.59 Å². The number of allylic oxidation sites excluding steroid dienone is 1. The molecule has 0 spiro atoms. The minimum absolute atomic E-state index is 0.0693. The highest BCUT2D eigenvalue weighted by Crippen LogP contribution is 2.24. The van der Waals surface area contributed by atoms with Crippen LogP contribution in [-0.4, -0.2) is 33.2 Å². The van der Waals surface area contributed by atoms with Crippen molar-refractivity contribution in [2.24, 2.45) is 0 Å². The predicted molar refractivity (Wildman–Crippen MR) is 118 cm³/mol. The van der Waals surface area contributed by atoms with Crippen molar-refractivity contribution in [3.05, 3.63) is 67.6 Å². The standard InChI is InChI=1S/C19H17Cl2N3O2S2/c1-3-8-24-18(26)14-6-4-12(20)9-15(14)22-19(24)27-11-17(25)23(2)10-13-5-7-16(21)28-13/h3-7,9H,1,8,10-11H2,2H3. The summed E-state index contributed by atoms with van der Waals surface area (Å²) in [5.74, 6) is 0.0887. The van der Waals surface area contributed by atoms with E-state index in [1.807, 2.05) is 12.1 Å². The van der Waals surface area contributed by atoms with Gasteiger partial charge in [0.1, 0.15) is 0 Å². The molecule has 1 aromatic carbocycles. The van der Waals surface area contributed by atoms with Crippen molar-refractivity contribution in [3.8, 4) is 0 Å². The van der Waals surface area contributed by atoms with Gasteiger partial charge in [0.15, 0.2) is 5.16 Å². The summed E-state index contributed by atoms with van der Waals surface area (Å²) in [5.41, 5.74) is 0.326. The molecule has 0 saturated heterocycles. The third kappa shape index (κ3) is 4.78. The van der Waals surface area contributed by atoms with Crippen LogP contribution in [0, 0.1) is 0 Å². The Hall–Kier alpha value is -1.80. The van der Waals surface area contributed by atoms with Crippen LogP contribution in [-0.2, 0) is 17.9 Å². The molecule has 2 heterocycles. The number of nitrogens with zero attached hydrogens (tertiary/aromatic N) is 3. The molecule has 146 valence electrons. The van der Waals surface area contributed by atoms with Gasteiger partial charge in [-0.25, -0.2) is 4.98 Å². The van der Waals surface area contributed by atoms with Gasteiger partial charge in [-0.2, -0.15) is 0 Å². The first-order valence-corrected chi connectivity index (χ1v) is 10.9. The zero-order valence-corrected chi connectivity index (χ0v) is 18.2. The van der Waals surface area contributed by atoms with E-state index in [4.69, 9.17) is 23.2 Å². The molecule has 9 heteroatoms. The van der Waals surface area contributed by atoms with Crippen molar-refractivity contribution in [2.45, 2.75) is 18.2 Å². The Balaban J connectivity index is 1.80. The smallest absolute Gasteiger partial charge is 0.262 e. The number of thiophene rings is 1. The first kappa shape index (κ1) is 20.9. The summed E-state index contributed by atoms with van der Waals surface area (Å²) in [6.07, 6.45) is 1.63. The van der Waals surface area contributed by atoms with Crippen LogP contribution >= 0.6 is 46.3 Å². The Kier molecular flexibility index (Phi) is 6.82. The van der Waals surface area contributed by atoms with Gasteiger partial charge in [-0.05, 0) is 30.3 Å². The highest BCUT2D eigenvalue weighted by Gasteiger charge is 2.15. The Morgan fingerprint density at radius 2 is 2.14 bits per heavy atom. The van der Waals surface area contributed by atoms with Gasteiger partial charge < -0.3 is 4.90 Å². The van der Waals surface area contributed by atoms with Crippen LogP contribution in [0.3, 0.4) is 0 Å². The monoisotopic (exact) mass is 453 g/mol. The highest BCUT2D eigenvalue weighted by atomic mass is 35.5. The molecule has 0 atom stereocenters. The van der Waals surface area contributed by atoms with Gasteiger partial charge in [0.05, 0.1) is 27.5 Å². The van der Waals surface area contributed by atoms with E-state index in [1.165, 1.54) is 27.7 Å². The summed E-state index contributed by atoms with van der Waals surface area (Å²) >= 11 is 14.6. The van der Waals surface area contributed by atoms with Crippen LogP contribution in [0.1, 0.15) is 4.88 Å². The van der Waals surface area contributed by atoms with Crippen molar-refractivity contribution in [3.63, 3.8) is 0 Å². The second-order valence-corrected chi connectivity index (χ2v) is 9.18. The zero-order valence-electron chi connectivity index (χ0n) is 15.0. The number of hydrogen-bond donors (Lipinski definition) is 0. The zero-order chi connectivity index (χ0) is 20.3. The van der Waals surface area contributed by atoms with Gasteiger partial charge in [-0.3, -0.25) is 14.2 Å². The van der Waals surface area contributed by atoms with Crippen molar-refractivity contribution in [1.82, 2.24) is 14.5 Å². The van der Waals surface area contributed by atoms with E-state index in [1.54, 1.807) is 36.2 Å². The second kappa shape index (κ2) is 9.13. The van der Waals surface area contributed by atoms with Crippen molar-refractivity contribution < 1.29 is 4.79 Å². The molecule has 0 N–H and O–H groups in total. The summed E-state index contributed by atoms with van der Waals surface area (Å²) in [4.78, 5) is 32.5. The minimum atomic E-state index is -0.182. The number of halogens is 2. The number of hydrogen-bond acceptors (Lipinski definition) is 5. The van der Waals surface area contributed by atoms with Gasteiger partial charge in [-0.1, -0.05) is 41.0 Å². The number of benzene rings is 1. The van der Waals surface area contributed by atoms with E-state index in [0.717, 1.165) is 4.88 Å². The molecule has 0 fully saturated rings. The number of fused-ring (bicyclic) bond motifs is 1. The third-order valence-corrected chi connectivity index (χ3v) is 6.38. The lowest BCUT2D eigenvalue weighted by atomic mass is 10.2. The van der Waals surface area contributed by atoms with E-state index in [0.29, 0.717) is 38.5 Å². The number of rotatable bonds is 7. The number of carbonyl (C=O) groups excluding carboxylic acids is 1. The molecule has 0 radical (unpaired) electrons. The molecule has 0 aliphatic carbocycles. The average molecular weight is 454 g/mol. The Labute approximate surface area is 180 Å². The molecule has 5 nitrogen and oxygen atoms in total. The van der Waals surface area contributed by atoms with Crippen molar-refractivity contribution >= 4 is 63.1 Å². The minimum Gasteiger partial charge on any atom is -0.340 e. The second-order valence-electron chi connectivity index (χ2n) is 6.00. The molecule has 0 saturated carbocycles. The normalized spacial score (nSPS) is 11.0. The van der Waals surface area contributed by atoms with Crippen LogP contribution in [0.2, 0.25) is 9.36 Å². The Bertz CT molecular complexity index is 1090. The molecular weight excluding hydrogens is 437 g/mol. The number of carbonyl (C=O) groups is 1. The number of aromatic nitrogens is 2. The maximum absolute atomic E-state index is 12.8. The van der Waals surface area contributed by atoms with Crippen LogP contribution in [0.25, 0.3) is 10.9 Å². The van der Waals surface area contributed by atoms with E-state index < -0.39 is 0 Å². The highest BCUT2D eigenvalue weighted by molar-refractivity contribution is 7.99. The summed E-state index contributed by atoms with van der Waals surface area (Å²) in [7, 11) is 1.74. The fourth-order valence-electron chi connectivity index (χ4n) is 2.57. The van der Waals surface area contributed by atoms with Gasteiger partial charge in [0, 0.05) is 23.5 Å². The molecule has 0 unspecified atom stereocenters. The molecular formula is C19H17Cl2N3O2S2. The quantitative estimate of drug-likeness (QED) is 0.295. The summed E-state index contributed by atoms with van der Waals surface area (Å²) < 4.78 is 2.21. The average Bonchev–Trinajstić information content (AvgIpc) is 3.06. The molecule has 3 aromatic rings. The molecule has 0 aliphatic heterocycles. The number of thioether (sulfide) groups is 1. The SMILES string of the molecule is C=CCn1c(SCC(=O)N(C)Cc2ccc(Cl)s2)nc2cc(Cl)ccc2c1=O. The maximum atomic E-state index is 12.8. The van der Waals surface area contributed by atoms with Crippen LogP contribution in [0.5, 0.6) is 0 Å². The first-order chi connectivity index (χ1) is 13.4. The summed E-state index contributed by atoms with van der Waals surface area (Å²) in [6.45, 7) is 4.50. The summed E-state index contributed by atoms with van der Waals surface area (Å²) in [5, 5.41) is 1.44. The predicted octanol–water partition coefficient (Wildman–Crippen LogP) is 4.70.